The van der Waals surface area contributed by atoms with Crippen molar-refractivity contribution in [2.45, 2.75) is 6.92 Å². The zero-order chi connectivity index (χ0) is 13.3. The summed E-state index contributed by atoms with van der Waals surface area (Å²) in [7, 11) is 0. The monoisotopic (exact) mass is 305 g/mol. The van der Waals surface area contributed by atoms with Gasteiger partial charge in [0.1, 0.15) is 5.76 Å². The SMILES string of the molecule is Cc1cc(C(=O)Oc2c(Cl)cc(Cl)cc2Cl)no1. The number of esters is 1. The molecule has 0 unspecified atom stereocenters. The fourth-order valence-electron chi connectivity index (χ4n) is 1.23. The van der Waals surface area contributed by atoms with Gasteiger partial charge in [-0.25, -0.2) is 4.79 Å². The van der Waals surface area contributed by atoms with Gasteiger partial charge >= 0.3 is 5.97 Å². The number of aromatic nitrogens is 1. The number of carbonyl (C=O) groups excluding carboxylic acids is 1. The second-order valence-electron chi connectivity index (χ2n) is 3.41. The molecule has 94 valence electrons. The van der Waals surface area contributed by atoms with E-state index < -0.39 is 5.97 Å². The van der Waals surface area contributed by atoms with Crippen molar-refractivity contribution in [1.82, 2.24) is 5.16 Å². The lowest BCUT2D eigenvalue weighted by Crippen LogP contribution is -2.09. The highest BCUT2D eigenvalue weighted by molar-refractivity contribution is 6.40. The molecule has 4 nitrogen and oxygen atoms in total. The first-order valence-corrected chi connectivity index (χ1v) is 5.91. The number of rotatable bonds is 2. The molecule has 0 radical (unpaired) electrons. The molecule has 1 heterocycles. The van der Waals surface area contributed by atoms with Gasteiger partial charge in [0, 0.05) is 11.1 Å². The molecule has 0 aliphatic carbocycles. The Morgan fingerprint density at radius 2 is 1.83 bits per heavy atom. The van der Waals surface area contributed by atoms with Gasteiger partial charge in [-0.1, -0.05) is 40.0 Å². The van der Waals surface area contributed by atoms with E-state index in [4.69, 9.17) is 44.1 Å². The zero-order valence-corrected chi connectivity index (χ0v) is 11.3. The molecule has 0 saturated carbocycles. The number of hydrogen-bond acceptors (Lipinski definition) is 4. The minimum atomic E-state index is -0.710. The molecule has 1 aromatic carbocycles. The molecule has 7 heteroatoms. The third-order valence-corrected chi connectivity index (χ3v) is 2.77. The van der Waals surface area contributed by atoms with Gasteiger partial charge in [0.15, 0.2) is 11.4 Å². The van der Waals surface area contributed by atoms with Crippen LogP contribution in [0.4, 0.5) is 0 Å². The molecule has 0 aliphatic heterocycles. The van der Waals surface area contributed by atoms with Crippen molar-refractivity contribution in [1.29, 1.82) is 0 Å². The molecule has 2 rings (SSSR count). The lowest BCUT2D eigenvalue weighted by Gasteiger charge is -2.06. The number of ether oxygens (including phenoxy) is 1. The van der Waals surface area contributed by atoms with Crippen LogP contribution in [0.2, 0.25) is 15.1 Å². The molecule has 0 spiro atoms. The highest BCUT2D eigenvalue weighted by Gasteiger charge is 2.18. The number of aryl methyl sites for hydroxylation is 1. The van der Waals surface area contributed by atoms with E-state index in [0.717, 1.165) is 0 Å². The normalized spacial score (nSPS) is 10.4. The fraction of sp³-hybridized carbons (Fsp3) is 0.0909. The van der Waals surface area contributed by atoms with Crippen LogP contribution < -0.4 is 4.74 Å². The van der Waals surface area contributed by atoms with E-state index in [9.17, 15) is 4.79 Å². The molecule has 0 atom stereocenters. The molecule has 0 saturated heterocycles. The molecule has 0 N–H and O–H groups in total. The summed E-state index contributed by atoms with van der Waals surface area (Å²) in [6, 6.07) is 4.29. The van der Waals surface area contributed by atoms with E-state index in [1.54, 1.807) is 6.92 Å². The lowest BCUT2D eigenvalue weighted by molar-refractivity contribution is 0.0724. The molecular weight excluding hydrogens is 300 g/mol. The summed E-state index contributed by atoms with van der Waals surface area (Å²) in [6.45, 7) is 1.66. The average Bonchev–Trinajstić information content (AvgIpc) is 2.70. The van der Waals surface area contributed by atoms with Crippen molar-refractivity contribution in [3.8, 4) is 5.75 Å². The van der Waals surface area contributed by atoms with Gasteiger partial charge in [-0.3, -0.25) is 0 Å². The summed E-state index contributed by atoms with van der Waals surface area (Å²) in [5.74, 6) is -0.179. The smallest absolute Gasteiger partial charge is 0.366 e. The van der Waals surface area contributed by atoms with Gasteiger partial charge in [-0.05, 0) is 19.1 Å². The molecule has 18 heavy (non-hydrogen) atoms. The summed E-state index contributed by atoms with van der Waals surface area (Å²) in [5.41, 5.74) is 0.0367. The van der Waals surface area contributed by atoms with Gasteiger partial charge in [0.25, 0.3) is 0 Å². The first kappa shape index (κ1) is 13.2. The number of hydrogen-bond donors (Lipinski definition) is 0. The maximum Gasteiger partial charge on any atom is 0.366 e. The summed E-state index contributed by atoms with van der Waals surface area (Å²) < 4.78 is 9.81. The van der Waals surface area contributed by atoms with Gasteiger partial charge in [-0.15, -0.1) is 0 Å². The first-order valence-electron chi connectivity index (χ1n) is 4.77. The Morgan fingerprint density at radius 1 is 1.22 bits per heavy atom. The molecule has 2 aromatic rings. The number of benzene rings is 1. The molecule has 0 aliphatic rings. The quantitative estimate of drug-likeness (QED) is 0.617. The summed E-state index contributed by atoms with van der Waals surface area (Å²) >= 11 is 17.5. The van der Waals surface area contributed by atoms with E-state index in [0.29, 0.717) is 10.8 Å². The fourth-order valence-corrected chi connectivity index (χ4v) is 2.13. The predicted molar refractivity (Wildman–Crippen MR) is 67.7 cm³/mol. The van der Waals surface area contributed by atoms with Crippen molar-refractivity contribution >= 4 is 40.8 Å². The van der Waals surface area contributed by atoms with E-state index >= 15 is 0 Å². The van der Waals surface area contributed by atoms with Gasteiger partial charge in [0.05, 0.1) is 10.0 Å². The minimum absolute atomic E-state index is 0.0355. The van der Waals surface area contributed by atoms with Crippen LogP contribution in [-0.4, -0.2) is 11.1 Å². The maximum absolute atomic E-state index is 11.7. The molecule has 0 amide bonds. The molecule has 1 aromatic heterocycles. The Labute approximate surface area is 117 Å². The van der Waals surface area contributed by atoms with Crippen LogP contribution in [0.15, 0.2) is 22.7 Å². The van der Waals surface area contributed by atoms with Crippen LogP contribution in [0, 0.1) is 6.92 Å². The number of halogens is 3. The largest absolute Gasteiger partial charge is 0.419 e. The average molecular weight is 307 g/mol. The third-order valence-electron chi connectivity index (χ3n) is 1.99. The zero-order valence-electron chi connectivity index (χ0n) is 9.04. The van der Waals surface area contributed by atoms with Crippen molar-refractivity contribution in [2.75, 3.05) is 0 Å². The highest BCUT2D eigenvalue weighted by atomic mass is 35.5. The van der Waals surface area contributed by atoms with Crippen molar-refractivity contribution in [3.63, 3.8) is 0 Å². The lowest BCUT2D eigenvalue weighted by atomic mass is 10.3. The topological polar surface area (TPSA) is 52.3 Å². The molecule has 0 fully saturated rings. The van der Waals surface area contributed by atoms with Crippen LogP contribution in [0.1, 0.15) is 16.2 Å². The Hall–Kier alpha value is -1.23. The second-order valence-corrected chi connectivity index (χ2v) is 4.66. The van der Waals surface area contributed by atoms with Crippen LogP contribution >= 0.6 is 34.8 Å². The number of nitrogens with zero attached hydrogens (tertiary/aromatic N) is 1. The third kappa shape index (κ3) is 2.77. The van der Waals surface area contributed by atoms with E-state index in [1.807, 2.05) is 0 Å². The van der Waals surface area contributed by atoms with Crippen LogP contribution in [-0.2, 0) is 0 Å². The maximum atomic E-state index is 11.7. The molecule has 0 bridgehead atoms. The van der Waals surface area contributed by atoms with Crippen molar-refractivity contribution in [2.24, 2.45) is 0 Å². The summed E-state index contributed by atoms with van der Waals surface area (Å²) in [4.78, 5) is 11.7. The predicted octanol–water partition coefficient (Wildman–Crippen LogP) is 4.16. The highest BCUT2D eigenvalue weighted by Crippen LogP contribution is 2.36. The standard InChI is InChI=1S/C11H6Cl3NO3/c1-5-2-9(15-18-5)11(16)17-10-7(13)3-6(12)4-8(10)14/h2-4H,1H3. The molecular formula is C11H6Cl3NO3. The van der Waals surface area contributed by atoms with Crippen molar-refractivity contribution in [3.05, 3.63) is 44.7 Å². The Morgan fingerprint density at radius 3 is 2.33 bits per heavy atom. The summed E-state index contributed by atoms with van der Waals surface area (Å²) in [6.07, 6.45) is 0. The van der Waals surface area contributed by atoms with Gasteiger partial charge in [0.2, 0.25) is 0 Å². The van der Waals surface area contributed by atoms with Gasteiger partial charge in [-0.2, -0.15) is 0 Å². The van der Waals surface area contributed by atoms with Gasteiger partial charge < -0.3 is 9.26 Å². The van der Waals surface area contributed by atoms with Crippen molar-refractivity contribution < 1.29 is 14.1 Å². The Balaban J connectivity index is 2.27. The Bertz CT molecular complexity index is 586. The summed E-state index contributed by atoms with van der Waals surface area (Å²) in [5, 5.41) is 4.16. The minimum Gasteiger partial charge on any atom is -0.419 e. The van der Waals surface area contributed by atoms with Crippen LogP contribution in [0.5, 0.6) is 5.75 Å². The number of carbonyl (C=O) groups is 1. The Kier molecular flexibility index (Phi) is 3.80. The second kappa shape index (κ2) is 5.18. The van der Waals surface area contributed by atoms with Crippen LogP contribution in [0.3, 0.4) is 0 Å². The van der Waals surface area contributed by atoms with E-state index in [2.05, 4.69) is 5.16 Å². The van der Waals surface area contributed by atoms with E-state index in [1.165, 1.54) is 18.2 Å². The first-order chi connectivity index (χ1) is 8.47. The van der Waals surface area contributed by atoms with E-state index in [-0.39, 0.29) is 21.5 Å². The van der Waals surface area contributed by atoms with Crippen LogP contribution in [0.25, 0.3) is 0 Å².